The molecule has 2 rings (SSSR count). The Morgan fingerprint density at radius 2 is 1.56 bits per heavy atom. The zero-order valence-corrected chi connectivity index (χ0v) is 15.2. The molecule has 132 valence electrons. The number of hydrogen-bond acceptors (Lipinski definition) is 2. The predicted octanol–water partition coefficient (Wildman–Crippen LogP) is 5.37. The van der Waals surface area contributed by atoms with Crippen molar-refractivity contribution >= 4 is 46.4 Å². The van der Waals surface area contributed by atoms with Gasteiger partial charge in [-0.2, -0.15) is 0 Å². The molecule has 0 heterocycles. The van der Waals surface area contributed by atoms with Gasteiger partial charge < -0.3 is 10.6 Å². The van der Waals surface area contributed by atoms with Gasteiger partial charge in [0.25, 0.3) is 5.91 Å². The van der Waals surface area contributed by atoms with Gasteiger partial charge in [-0.25, -0.2) is 4.39 Å². The number of benzene rings is 2. The van der Waals surface area contributed by atoms with Gasteiger partial charge in [-0.3, -0.25) is 9.59 Å². The van der Waals surface area contributed by atoms with E-state index in [4.69, 9.17) is 23.2 Å². The SMILES string of the molecule is CC(C)CC(=O)Nc1ccc(NC(=O)c2cc(F)c(Cl)cc2Cl)cc1. The molecule has 0 aliphatic carbocycles. The molecule has 2 N–H and O–H groups in total. The molecule has 0 saturated carbocycles. The van der Waals surface area contributed by atoms with E-state index in [1.807, 2.05) is 13.8 Å². The van der Waals surface area contributed by atoms with Crippen molar-refractivity contribution < 1.29 is 14.0 Å². The van der Waals surface area contributed by atoms with Crippen molar-refractivity contribution in [2.75, 3.05) is 10.6 Å². The molecule has 0 spiro atoms. The maximum atomic E-state index is 13.5. The minimum absolute atomic E-state index is 0.0159. The summed E-state index contributed by atoms with van der Waals surface area (Å²) < 4.78 is 13.5. The maximum Gasteiger partial charge on any atom is 0.257 e. The molecule has 0 unspecified atom stereocenters. The van der Waals surface area contributed by atoms with E-state index in [1.165, 1.54) is 6.07 Å². The molecule has 2 aromatic carbocycles. The van der Waals surface area contributed by atoms with E-state index >= 15 is 0 Å². The van der Waals surface area contributed by atoms with Crippen molar-refractivity contribution in [3.8, 4) is 0 Å². The molecule has 0 bridgehead atoms. The Morgan fingerprint density at radius 3 is 2.12 bits per heavy atom. The first-order chi connectivity index (χ1) is 11.8. The van der Waals surface area contributed by atoms with Crippen molar-refractivity contribution in [3.63, 3.8) is 0 Å². The Balaban J connectivity index is 2.05. The minimum atomic E-state index is -0.723. The molecule has 0 fully saturated rings. The normalized spacial score (nSPS) is 10.6. The lowest BCUT2D eigenvalue weighted by molar-refractivity contribution is -0.116. The number of anilines is 2. The lowest BCUT2D eigenvalue weighted by Gasteiger charge is -2.10. The summed E-state index contributed by atoms with van der Waals surface area (Å²) in [6.07, 6.45) is 0.430. The second kappa shape index (κ2) is 8.32. The van der Waals surface area contributed by atoms with Gasteiger partial charge in [0.05, 0.1) is 15.6 Å². The molecule has 2 amide bonds. The highest BCUT2D eigenvalue weighted by Crippen LogP contribution is 2.25. The second-order valence-corrected chi connectivity index (χ2v) is 6.74. The monoisotopic (exact) mass is 382 g/mol. The molecule has 4 nitrogen and oxygen atoms in total. The number of carbonyl (C=O) groups excluding carboxylic acids is 2. The molecular formula is C18H17Cl2FN2O2. The summed E-state index contributed by atoms with van der Waals surface area (Å²) in [6.45, 7) is 3.92. The molecule has 25 heavy (non-hydrogen) atoms. The van der Waals surface area contributed by atoms with E-state index in [0.717, 1.165) is 6.07 Å². The van der Waals surface area contributed by atoms with Crippen LogP contribution in [-0.2, 0) is 4.79 Å². The fourth-order valence-corrected chi connectivity index (χ4v) is 2.58. The van der Waals surface area contributed by atoms with Crippen LogP contribution in [0.4, 0.5) is 15.8 Å². The third kappa shape index (κ3) is 5.44. The van der Waals surface area contributed by atoms with Crippen LogP contribution in [0.2, 0.25) is 10.0 Å². The maximum absolute atomic E-state index is 13.5. The molecule has 0 aliphatic heterocycles. The fraction of sp³-hybridized carbons (Fsp3) is 0.222. The van der Waals surface area contributed by atoms with Gasteiger partial charge in [0.2, 0.25) is 5.91 Å². The van der Waals surface area contributed by atoms with Crippen LogP contribution in [0.1, 0.15) is 30.6 Å². The summed E-state index contributed by atoms with van der Waals surface area (Å²) in [7, 11) is 0. The van der Waals surface area contributed by atoms with Gasteiger partial charge in [-0.05, 0) is 42.3 Å². The van der Waals surface area contributed by atoms with Gasteiger partial charge in [-0.15, -0.1) is 0 Å². The summed E-state index contributed by atoms with van der Waals surface area (Å²) in [5.74, 6) is -1.09. The smallest absolute Gasteiger partial charge is 0.257 e. The molecule has 0 saturated heterocycles. The molecule has 0 atom stereocenters. The Labute approximate surface area is 155 Å². The highest BCUT2D eigenvalue weighted by Gasteiger charge is 2.14. The van der Waals surface area contributed by atoms with Crippen LogP contribution < -0.4 is 10.6 Å². The van der Waals surface area contributed by atoms with E-state index in [1.54, 1.807) is 24.3 Å². The van der Waals surface area contributed by atoms with E-state index in [0.29, 0.717) is 17.8 Å². The van der Waals surface area contributed by atoms with Crippen LogP contribution in [0.15, 0.2) is 36.4 Å². The highest BCUT2D eigenvalue weighted by atomic mass is 35.5. The van der Waals surface area contributed by atoms with Gasteiger partial charge >= 0.3 is 0 Å². The van der Waals surface area contributed by atoms with Crippen LogP contribution in [0, 0.1) is 11.7 Å². The zero-order chi connectivity index (χ0) is 18.6. The van der Waals surface area contributed by atoms with Crippen molar-refractivity contribution in [2.24, 2.45) is 5.92 Å². The van der Waals surface area contributed by atoms with Gasteiger partial charge in [0, 0.05) is 17.8 Å². The number of hydrogen-bond donors (Lipinski definition) is 2. The van der Waals surface area contributed by atoms with Crippen molar-refractivity contribution in [3.05, 3.63) is 57.8 Å². The Hall–Kier alpha value is -2.11. The van der Waals surface area contributed by atoms with E-state index in [9.17, 15) is 14.0 Å². The number of rotatable bonds is 5. The van der Waals surface area contributed by atoms with E-state index in [2.05, 4.69) is 10.6 Å². The summed E-state index contributed by atoms with van der Waals surface area (Å²) >= 11 is 11.5. The minimum Gasteiger partial charge on any atom is -0.326 e. The number of nitrogens with one attached hydrogen (secondary N) is 2. The number of amides is 2. The predicted molar refractivity (Wildman–Crippen MR) is 98.9 cm³/mol. The zero-order valence-electron chi connectivity index (χ0n) is 13.7. The topological polar surface area (TPSA) is 58.2 Å². The second-order valence-electron chi connectivity index (χ2n) is 5.92. The third-order valence-corrected chi connectivity index (χ3v) is 3.88. The Kier molecular flexibility index (Phi) is 6.39. The molecule has 0 aromatic heterocycles. The lowest BCUT2D eigenvalue weighted by atomic mass is 10.1. The van der Waals surface area contributed by atoms with Crippen LogP contribution in [-0.4, -0.2) is 11.8 Å². The van der Waals surface area contributed by atoms with Crippen LogP contribution >= 0.6 is 23.2 Å². The largest absolute Gasteiger partial charge is 0.326 e. The summed E-state index contributed by atoms with van der Waals surface area (Å²) in [4.78, 5) is 23.9. The van der Waals surface area contributed by atoms with Gasteiger partial charge in [-0.1, -0.05) is 37.0 Å². The van der Waals surface area contributed by atoms with Crippen LogP contribution in [0.25, 0.3) is 0 Å². The van der Waals surface area contributed by atoms with Gasteiger partial charge in [0.15, 0.2) is 0 Å². The summed E-state index contributed by atoms with van der Waals surface area (Å²) in [6, 6.07) is 8.75. The van der Waals surface area contributed by atoms with E-state index in [-0.39, 0.29) is 27.4 Å². The average Bonchev–Trinajstić information content (AvgIpc) is 2.52. The Bertz CT molecular complexity index is 792. The van der Waals surface area contributed by atoms with Crippen LogP contribution in [0.5, 0.6) is 0 Å². The summed E-state index contributed by atoms with van der Waals surface area (Å²) in [5, 5.41) is 5.29. The third-order valence-electron chi connectivity index (χ3n) is 3.27. The Morgan fingerprint density at radius 1 is 1.00 bits per heavy atom. The molecular weight excluding hydrogens is 366 g/mol. The van der Waals surface area contributed by atoms with E-state index < -0.39 is 11.7 Å². The molecule has 0 radical (unpaired) electrons. The first-order valence-corrected chi connectivity index (χ1v) is 8.37. The van der Waals surface area contributed by atoms with Gasteiger partial charge in [0.1, 0.15) is 5.82 Å². The molecule has 2 aromatic rings. The van der Waals surface area contributed by atoms with Crippen LogP contribution in [0.3, 0.4) is 0 Å². The molecule has 0 aliphatic rings. The standard InChI is InChI=1S/C18H17Cl2FN2O2/c1-10(2)7-17(24)22-11-3-5-12(6-4-11)23-18(25)13-8-16(21)15(20)9-14(13)19/h3-6,8-10H,7H2,1-2H3,(H,22,24)(H,23,25). The average molecular weight is 383 g/mol. The molecule has 7 heteroatoms. The first-order valence-electron chi connectivity index (χ1n) is 7.62. The first kappa shape index (κ1) is 19.2. The quantitative estimate of drug-likeness (QED) is 0.682. The van der Waals surface area contributed by atoms with Crippen molar-refractivity contribution in [1.29, 1.82) is 0 Å². The van der Waals surface area contributed by atoms with Crippen molar-refractivity contribution in [2.45, 2.75) is 20.3 Å². The summed E-state index contributed by atoms with van der Waals surface area (Å²) in [5.41, 5.74) is 1.09. The number of halogens is 3. The fourth-order valence-electron chi connectivity index (χ4n) is 2.11. The number of carbonyl (C=O) groups is 2. The van der Waals surface area contributed by atoms with Crippen molar-refractivity contribution in [1.82, 2.24) is 0 Å². The highest BCUT2D eigenvalue weighted by molar-refractivity contribution is 6.37. The lowest BCUT2D eigenvalue weighted by Crippen LogP contribution is -2.14.